The second kappa shape index (κ2) is 10.2. The maximum atomic E-state index is 13.2. The molecule has 0 aliphatic rings. The van der Waals surface area contributed by atoms with Gasteiger partial charge in [0.25, 0.3) is 10.0 Å². The summed E-state index contributed by atoms with van der Waals surface area (Å²) >= 11 is 1.51. The highest BCUT2D eigenvalue weighted by Gasteiger charge is 2.20. The third-order valence-electron chi connectivity index (χ3n) is 5.31. The average Bonchev–Trinajstić information content (AvgIpc) is 3.48. The highest BCUT2D eigenvalue weighted by molar-refractivity contribution is 7.92. The van der Waals surface area contributed by atoms with Crippen molar-refractivity contribution in [3.63, 3.8) is 0 Å². The molecule has 4 aromatic rings. The number of aliphatic carboxylic acids is 1. The topological polar surface area (TPSA) is 101 Å². The van der Waals surface area contributed by atoms with Gasteiger partial charge in [-0.15, -0.1) is 11.3 Å². The molecule has 0 bridgehead atoms. The van der Waals surface area contributed by atoms with Crippen LogP contribution in [0.1, 0.15) is 30.9 Å². The van der Waals surface area contributed by atoms with E-state index in [0.717, 1.165) is 29.7 Å². The van der Waals surface area contributed by atoms with Gasteiger partial charge in [-0.2, -0.15) is 5.10 Å². The summed E-state index contributed by atoms with van der Waals surface area (Å²) in [4.78, 5) is 12.1. The smallest absolute Gasteiger partial charge is 0.307 e. The lowest BCUT2D eigenvalue weighted by molar-refractivity contribution is -0.136. The highest BCUT2D eigenvalue weighted by atomic mass is 32.2. The summed E-state index contributed by atoms with van der Waals surface area (Å²) in [6.45, 7) is 2.12. The maximum absolute atomic E-state index is 13.2. The second-order valence-electron chi connectivity index (χ2n) is 7.89. The molecule has 0 aliphatic heterocycles. The average molecular weight is 496 g/mol. The number of rotatable bonds is 10. The third kappa shape index (κ3) is 5.55. The quantitative estimate of drug-likeness (QED) is 0.308. The number of anilines is 1. The number of aromatic nitrogens is 2. The van der Waals surface area contributed by atoms with Gasteiger partial charge >= 0.3 is 5.97 Å². The molecule has 2 heterocycles. The van der Waals surface area contributed by atoms with Crippen LogP contribution in [0.2, 0.25) is 0 Å². The number of nitrogens with zero attached hydrogens (tertiary/aromatic N) is 2. The van der Waals surface area contributed by atoms with Crippen LogP contribution in [-0.4, -0.2) is 29.3 Å². The van der Waals surface area contributed by atoms with Crippen molar-refractivity contribution >= 4 is 33.1 Å². The zero-order valence-corrected chi connectivity index (χ0v) is 20.3. The van der Waals surface area contributed by atoms with Crippen molar-refractivity contribution in [2.45, 2.75) is 37.5 Å². The molecule has 0 fully saturated rings. The molecule has 0 saturated heterocycles. The van der Waals surface area contributed by atoms with Crippen LogP contribution in [0.25, 0.3) is 16.3 Å². The van der Waals surface area contributed by atoms with Gasteiger partial charge in [0.1, 0.15) is 11.5 Å². The molecule has 0 unspecified atom stereocenters. The standard InChI is InChI=1S/C25H25N3O4S2/c1-2-3-5-18-9-13-21(14-10-18)34(31,32)27-24-17-22(23-6-4-15-33-23)26-28(24)20-11-7-19(8-12-20)16-25(29)30/h4,6-15,17,27H,2-3,5,16H2,1H3,(H,29,30). The fourth-order valence-corrected chi connectivity index (χ4v) is 5.25. The number of hydrogen-bond acceptors (Lipinski definition) is 5. The second-order valence-corrected chi connectivity index (χ2v) is 10.5. The van der Waals surface area contributed by atoms with E-state index in [1.54, 1.807) is 42.5 Å². The largest absolute Gasteiger partial charge is 0.481 e. The number of benzene rings is 2. The molecular weight excluding hydrogens is 470 g/mol. The maximum Gasteiger partial charge on any atom is 0.307 e. The Morgan fingerprint density at radius 1 is 1.06 bits per heavy atom. The SMILES string of the molecule is CCCCc1ccc(S(=O)(=O)Nc2cc(-c3cccs3)nn2-c2ccc(CC(=O)O)cc2)cc1. The van der Waals surface area contributed by atoms with Crippen LogP contribution in [0, 0.1) is 0 Å². The van der Waals surface area contributed by atoms with Crippen LogP contribution in [0.4, 0.5) is 5.82 Å². The Kier molecular flexibility index (Phi) is 7.14. The minimum atomic E-state index is -3.85. The van der Waals surface area contributed by atoms with Crippen molar-refractivity contribution in [3.8, 4) is 16.3 Å². The van der Waals surface area contributed by atoms with Crippen LogP contribution in [0.3, 0.4) is 0 Å². The predicted octanol–water partition coefficient (Wildman–Crippen LogP) is 5.37. The molecule has 0 spiro atoms. The minimum absolute atomic E-state index is 0.0897. The van der Waals surface area contributed by atoms with Crippen LogP contribution in [0.5, 0.6) is 0 Å². The van der Waals surface area contributed by atoms with E-state index in [1.807, 2.05) is 29.6 Å². The molecule has 0 aliphatic carbocycles. The Labute approximate surface area is 202 Å². The van der Waals surface area contributed by atoms with Crippen molar-refractivity contribution in [2.24, 2.45) is 0 Å². The predicted molar refractivity (Wildman–Crippen MR) is 134 cm³/mol. The summed E-state index contributed by atoms with van der Waals surface area (Å²) in [6.07, 6.45) is 2.96. The molecule has 9 heteroatoms. The number of hydrogen-bond donors (Lipinski definition) is 2. The molecule has 0 amide bonds. The van der Waals surface area contributed by atoms with Gasteiger partial charge < -0.3 is 5.11 Å². The summed E-state index contributed by atoms with van der Waals surface area (Å²) in [5.41, 5.74) is 3.00. The zero-order chi connectivity index (χ0) is 24.1. The van der Waals surface area contributed by atoms with Crippen molar-refractivity contribution in [1.82, 2.24) is 9.78 Å². The van der Waals surface area contributed by atoms with E-state index in [-0.39, 0.29) is 11.3 Å². The number of sulfonamides is 1. The number of nitrogens with one attached hydrogen (secondary N) is 1. The van der Waals surface area contributed by atoms with Crippen molar-refractivity contribution in [3.05, 3.63) is 83.2 Å². The van der Waals surface area contributed by atoms with Crippen LogP contribution in [-0.2, 0) is 27.7 Å². The van der Waals surface area contributed by atoms with E-state index in [2.05, 4.69) is 16.7 Å². The summed E-state index contributed by atoms with van der Waals surface area (Å²) in [5.74, 6) is -0.620. The van der Waals surface area contributed by atoms with Gasteiger partial charge in [-0.25, -0.2) is 13.1 Å². The van der Waals surface area contributed by atoms with Gasteiger partial charge in [0.15, 0.2) is 0 Å². The highest BCUT2D eigenvalue weighted by Crippen LogP contribution is 2.29. The first-order valence-electron chi connectivity index (χ1n) is 10.9. The number of carboxylic acid groups (broad SMARTS) is 1. The van der Waals surface area contributed by atoms with E-state index in [0.29, 0.717) is 22.8 Å². The molecule has 4 rings (SSSR count). The molecule has 2 aromatic carbocycles. The normalized spacial score (nSPS) is 11.4. The number of carboxylic acids is 1. The first kappa shape index (κ1) is 23.7. The number of aryl methyl sites for hydroxylation is 1. The Morgan fingerprint density at radius 2 is 1.76 bits per heavy atom. The Balaban J connectivity index is 1.67. The number of carbonyl (C=O) groups is 1. The Bertz CT molecular complexity index is 1360. The van der Waals surface area contributed by atoms with E-state index in [4.69, 9.17) is 5.11 Å². The van der Waals surface area contributed by atoms with E-state index in [9.17, 15) is 13.2 Å². The molecule has 7 nitrogen and oxygen atoms in total. The van der Waals surface area contributed by atoms with Crippen LogP contribution in [0.15, 0.2) is 77.0 Å². The Morgan fingerprint density at radius 3 is 2.38 bits per heavy atom. The first-order valence-corrected chi connectivity index (χ1v) is 13.3. The molecule has 0 atom stereocenters. The lowest BCUT2D eigenvalue weighted by Crippen LogP contribution is -2.16. The van der Waals surface area contributed by atoms with Gasteiger partial charge in [-0.1, -0.05) is 43.7 Å². The van der Waals surface area contributed by atoms with Crippen LogP contribution >= 0.6 is 11.3 Å². The lowest BCUT2D eigenvalue weighted by Gasteiger charge is -2.11. The number of unbranched alkanes of at least 4 members (excludes halogenated alkanes) is 1. The molecule has 0 saturated carbocycles. The van der Waals surface area contributed by atoms with Gasteiger partial charge in [0, 0.05) is 6.07 Å². The van der Waals surface area contributed by atoms with Crippen molar-refractivity contribution < 1.29 is 18.3 Å². The van der Waals surface area contributed by atoms with Gasteiger partial charge in [0.05, 0.1) is 21.9 Å². The summed E-state index contributed by atoms with van der Waals surface area (Å²) < 4.78 is 30.5. The van der Waals surface area contributed by atoms with Gasteiger partial charge in [0.2, 0.25) is 0 Å². The summed E-state index contributed by atoms with van der Waals surface area (Å²) in [7, 11) is -3.85. The lowest BCUT2D eigenvalue weighted by atomic mass is 10.1. The van der Waals surface area contributed by atoms with E-state index < -0.39 is 16.0 Å². The first-order chi connectivity index (χ1) is 16.4. The number of thiophene rings is 1. The summed E-state index contributed by atoms with van der Waals surface area (Å²) in [5, 5.41) is 15.6. The molecule has 2 aromatic heterocycles. The van der Waals surface area contributed by atoms with Crippen molar-refractivity contribution in [1.29, 1.82) is 0 Å². The van der Waals surface area contributed by atoms with Gasteiger partial charge in [-0.05, 0) is 59.7 Å². The monoisotopic (exact) mass is 495 g/mol. The van der Waals surface area contributed by atoms with E-state index >= 15 is 0 Å². The molecule has 2 N–H and O–H groups in total. The Hall–Kier alpha value is -3.43. The molecule has 34 heavy (non-hydrogen) atoms. The molecule has 176 valence electrons. The molecule has 0 radical (unpaired) electrons. The van der Waals surface area contributed by atoms with Crippen LogP contribution < -0.4 is 4.72 Å². The fraction of sp³-hybridized carbons (Fsp3) is 0.200. The zero-order valence-electron chi connectivity index (χ0n) is 18.6. The van der Waals surface area contributed by atoms with Gasteiger partial charge in [-0.3, -0.25) is 9.52 Å². The van der Waals surface area contributed by atoms with Crippen molar-refractivity contribution in [2.75, 3.05) is 4.72 Å². The minimum Gasteiger partial charge on any atom is -0.481 e. The van der Waals surface area contributed by atoms with E-state index in [1.165, 1.54) is 16.0 Å². The fourth-order valence-electron chi connectivity index (χ4n) is 3.54. The third-order valence-corrected chi connectivity index (χ3v) is 7.57. The summed E-state index contributed by atoms with van der Waals surface area (Å²) in [6, 6.07) is 19.3. The molecular formula is C25H25N3O4S2.